The second kappa shape index (κ2) is 5.13. The van der Waals surface area contributed by atoms with Gasteiger partial charge in [0.2, 0.25) is 10.0 Å². The third-order valence-corrected chi connectivity index (χ3v) is 3.86. The number of nitriles is 1. The van der Waals surface area contributed by atoms with E-state index in [-0.39, 0.29) is 10.6 Å². The minimum Gasteiger partial charge on any atom is -0.262 e. The number of hydrogen-bond acceptors (Lipinski definition) is 6. The van der Waals surface area contributed by atoms with Crippen LogP contribution < -0.4 is 4.72 Å². The third-order valence-electron chi connectivity index (χ3n) is 2.34. The van der Waals surface area contributed by atoms with Crippen LogP contribution in [0, 0.1) is 11.3 Å². The maximum absolute atomic E-state index is 12.0. The van der Waals surface area contributed by atoms with Crippen LogP contribution in [0.4, 0.5) is 0 Å². The van der Waals surface area contributed by atoms with Crippen molar-refractivity contribution in [2.75, 3.05) is 0 Å². The van der Waals surface area contributed by atoms with E-state index in [0.29, 0.717) is 5.82 Å². The van der Waals surface area contributed by atoms with Crippen LogP contribution >= 0.6 is 0 Å². The average molecular weight is 278 g/mol. The molecule has 9 heteroatoms. The van der Waals surface area contributed by atoms with E-state index in [1.807, 2.05) is 6.07 Å². The van der Waals surface area contributed by atoms with Crippen LogP contribution in [0.1, 0.15) is 24.5 Å². The first-order valence-electron chi connectivity index (χ1n) is 5.26. The molecule has 0 aliphatic rings. The van der Waals surface area contributed by atoms with Gasteiger partial charge in [0, 0.05) is 6.20 Å². The lowest BCUT2D eigenvalue weighted by molar-refractivity contribution is 0.560. The molecular weight excluding hydrogens is 268 g/mol. The molecule has 2 aromatic rings. The fourth-order valence-corrected chi connectivity index (χ4v) is 2.54. The van der Waals surface area contributed by atoms with Crippen molar-refractivity contribution in [3.8, 4) is 6.07 Å². The first kappa shape index (κ1) is 13.1. The monoisotopic (exact) mass is 278 g/mol. The van der Waals surface area contributed by atoms with Crippen LogP contribution in [-0.4, -0.2) is 28.6 Å². The molecule has 0 spiro atoms. The Morgan fingerprint density at radius 1 is 1.42 bits per heavy atom. The van der Waals surface area contributed by atoms with Crippen LogP contribution in [0.15, 0.2) is 29.6 Å². The Labute approximate surface area is 109 Å². The van der Waals surface area contributed by atoms with E-state index in [4.69, 9.17) is 5.26 Å². The van der Waals surface area contributed by atoms with Crippen LogP contribution in [0.25, 0.3) is 0 Å². The summed E-state index contributed by atoms with van der Waals surface area (Å²) >= 11 is 0. The zero-order chi connectivity index (χ0) is 13.9. The Bertz CT molecular complexity index is 687. The van der Waals surface area contributed by atoms with Crippen molar-refractivity contribution in [3.63, 3.8) is 0 Å². The van der Waals surface area contributed by atoms with Gasteiger partial charge in [-0.05, 0) is 19.1 Å². The highest BCUT2D eigenvalue weighted by atomic mass is 32.2. The van der Waals surface area contributed by atoms with Gasteiger partial charge in [-0.25, -0.2) is 23.1 Å². The number of aromatic amines is 1. The Morgan fingerprint density at radius 3 is 2.74 bits per heavy atom. The summed E-state index contributed by atoms with van der Waals surface area (Å²) in [6, 6.07) is 3.93. The first-order valence-corrected chi connectivity index (χ1v) is 6.75. The molecule has 0 aromatic carbocycles. The van der Waals surface area contributed by atoms with E-state index in [2.05, 4.69) is 24.9 Å². The molecule has 0 bridgehead atoms. The smallest absolute Gasteiger partial charge is 0.242 e. The zero-order valence-corrected chi connectivity index (χ0v) is 10.7. The molecule has 98 valence electrons. The van der Waals surface area contributed by atoms with E-state index in [9.17, 15) is 8.42 Å². The quantitative estimate of drug-likeness (QED) is 0.817. The number of nitrogens with one attached hydrogen (secondary N) is 2. The number of aromatic nitrogens is 4. The molecule has 1 unspecified atom stereocenters. The van der Waals surface area contributed by atoms with Gasteiger partial charge in [-0.15, -0.1) is 0 Å². The predicted molar refractivity (Wildman–Crippen MR) is 64.1 cm³/mol. The minimum absolute atomic E-state index is 0.0159. The average Bonchev–Trinajstić information content (AvgIpc) is 2.92. The van der Waals surface area contributed by atoms with Crippen molar-refractivity contribution in [2.45, 2.75) is 17.9 Å². The molecule has 0 radical (unpaired) electrons. The third kappa shape index (κ3) is 2.93. The molecule has 1 atom stereocenters. The second-order valence-electron chi connectivity index (χ2n) is 3.70. The summed E-state index contributed by atoms with van der Waals surface area (Å²) in [5, 5.41) is 14.8. The highest BCUT2D eigenvalue weighted by molar-refractivity contribution is 7.89. The molecule has 2 heterocycles. The van der Waals surface area contributed by atoms with Crippen molar-refractivity contribution in [3.05, 3.63) is 36.2 Å². The van der Waals surface area contributed by atoms with Crippen molar-refractivity contribution in [2.24, 2.45) is 0 Å². The van der Waals surface area contributed by atoms with E-state index >= 15 is 0 Å². The van der Waals surface area contributed by atoms with Gasteiger partial charge in [-0.1, -0.05) is 0 Å². The lowest BCUT2D eigenvalue weighted by atomic mass is 10.3. The van der Waals surface area contributed by atoms with Gasteiger partial charge < -0.3 is 0 Å². The SMILES string of the molecule is CC(NS(=O)(=O)c1ccc(C#N)nc1)c1ncn[nH]1. The summed E-state index contributed by atoms with van der Waals surface area (Å²) in [6.45, 7) is 1.63. The standard InChI is InChI=1S/C10H10N6O2S/c1-7(10-13-6-14-15-10)16-19(17,18)9-3-2-8(4-11)12-5-9/h2-3,5-7,16H,1H3,(H,13,14,15). The summed E-state index contributed by atoms with van der Waals surface area (Å²) in [5.41, 5.74) is 0.155. The minimum atomic E-state index is -3.72. The summed E-state index contributed by atoms with van der Waals surface area (Å²) in [4.78, 5) is 7.57. The van der Waals surface area contributed by atoms with Crippen molar-refractivity contribution in [1.82, 2.24) is 24.9 Å². The Morgan fingerprint density at radius 2 is 2.21 bits per heavy atom. The molecule has 0 amide bonds. The lowest BCUT2D eigenvalue weighted by Crippen LogP contribution is -2.27. The molecular formula is C10H10N6O2S. The molecule has 2 rings (SSSR count). The summed E-state index contributed by atoms with van der Waals surface area (Å²) in [6.07, 6.45) is 2.43. The fraction of sp³-hybridized carbons (Fsp3) is 0.200. The number of hydrogen-bond donors (Lipinski definition) is 2. The number of pyridine rings is 1. The second-order valence-corrected chi connectivity index (χ2v) is 5.42. The molecule has 0 aliphatic heterocycles. The Balaban J connectivity index is 2.20. The molecule has 0 aliphatic carbocycles. The molecule has 0 saturated carbocycles. The van der Waals surface area contributed by atoms with E-state index in [1.54, 1.807) is 6.92 Å². The lowest BCUT2D eigenvalue weighted by Gasteiger charge is -2.11. The molecule has 0 saturated heterocycles. The molecule has 19 heavy (non-hydrogen) atoms. The fourth-order valence-electron chi connectivity index (χ4n) is 1.39. The van der Waals surface area contributed by atoms with Gasteiger partial charge in [-0.3, -0.25) is 5.10 Å². The topological polar surface area (TPSA) is 124 Å². The van der Waals surface area contributed by atoms with Crippen molar-refractivity contribution in [1.29, 1.82) is 5.26 Å². The van der Waals surface area contributed by atoms with Gasteiger partial charge in [-0.2, -0.15) is 10.4 Å². The molecule has 2 N–H and O–H groups in total. The molecule has 8 nitrogen and oxygen atoms in total. The number of nitrogens with zero attached hydrogens (tertiary/aromatic N) is 4. The van der Waals surface area contributed by atoms with E-state index in [1.165, 1.54) is 18.5 Å². The van der Waals surface area contributed by atoms with Crippen molar-refractivity contribution >= 4 is 10.0 Å². The normalized spacial score (nSPS) is 12.8. The number of rotatable bonds is 4. The van der Waals surface area contributed by atoms with Crippen LogP contribution in [-0.2, 0) is 10.0 Å². The Hall–Kier alpha value is -2.31. The maximum atomic E-state index is 12.0. The van der Waals surface area contributed by atoms with Crippen LogP contribution in [0.5, 0.6) is 0 Å². The van der Waals surface area contributed by atoms with Gasteiger partial charge in [0.1, 0.15) is 28.8 Å². The van der Waals surface area contributed by atoms with Crippen molar-refractivity contribution < 1.29 is 8.42 Å². The number of sulfonamides is 1. The zero-order valence-electron chi connectivity index (χ0n) is 9.90. The first-order chi connectivity index (χ1) is 9.03. The molecule has 2 aromatic heterocycles. The summed E-state index contributed by atoms with van der Waals surface area (Å²) < 4.78 is 26.5. The molecule has 0 fully saturated rings. The highest BCUT2D eigenvalue weighted by Crippen LogP contribution is 2.13. The highest BCUT2D eigenvalue weighted by Gasteiger charge is 2.20. The van der Waals surface area contributed by atoms with Crippen LogP contribution in [0.3, 0.4) is 0 Å². The maximum Gasteiger partial charge on any atom is 0.242 e. The van der Waals surface area contributed by atoms with Gasteiger partial charge >= 0.3 is 0 Å². The van der Waals surface area contributed by atoms with Gasteiger partial charge in [0.05, 0.1) is 6.04 Å². The summed E-state index contributed by atoms with van der Waals surface area (Å²) in [7, 11) is -3.72. The predicted octanol–water partition coefficient (Wildman–Crippen LogP) is 0.111. The number of H-pyrrole nitrogens is 1. The van der Waals surface area contributed by atoms with Gasteiger partial charge in [0.15, 0.2) is 0 Å². The largest absolute Gasteiger partial charge is 0.262 e. The van der Waals surface area contributed by atoms with Crippen LogP contribution in [0.2, 0.25) is 0 Å². The van der Waals surface area contributed by atoms with E-state index in [0.717, 1.165) is 6.20 Å². The Kier molecular flexibility index (Phi) is 3.55. The van der Waals surface area contributed by atoms with Gasteiger partial charge in [0.25, 0.3) is 0 Å². The van der Waals surface area contributed by atoms with E-state index < -0.39 is 16.1 Å². The summed E-state index contributed by atoms with van der Waals surface area (Å²) in [5.74, 6) is 0.408.